The van der Waals surface area contributed by atoms with Crippen molar-refractivity contribution in [3.05, 3.63) is 53.6 Å². The van der Waals surface area contributed by atoms with Gasteiger partial charge in [-0.15, -0.1) is 0 Å². The fraction of sp³-hybridized carbons (Fsp3) is 0.381. The molecule has 0 aliphatic rings. The molecule has 1 atom stereocenters. The van der Waals surface area contributed by atoms with Crippen molar-refractivity contribution < 1.29 is 24.1 Å². The van der Waals surface area contributed by atoms with Gasteiger partial charge < -0.3 is 29.5 Å². The van der Waals surface area contributed by atoms with Crippen LogP contribution in [0.2, 0.25) is 0 Å². The fourth-order valence-electron chi connectivity index (χ4n) is 2.86. The minimum Gasteiger partial charge on any atom is -0.496 e. The minimum atomic E-state index is -0.843. The van der Waals surface area contributed by atoms with Crippen LogP contribution in [0.25, 0.3) is 0 Å². The maximum Gasteiger partial charge on any atom is 0.317 e. The predicted octanol–water partition coefficient (Wildman–Crippen LogP) is 2.63. The first-order valence-corrected chi connectivity index (χ1v) is 9.01. The number of nitrogens with zero attached hydrogens (tertiary/aromatic N) is 1. The summed E-state index contributed by atoms with van der Waals surface area (Å²) in [5.41, 5.74) is 1.67. The molecule has 2 aromatic rings. The molecule has 0 heterocycles. The molecule has 7 nitrogen and oxygen atoms in total. The Morgan fingerprint density at radius 2 is 1.71 bits per heavy atom. The summed E-state index contributed by atoms with van der Waals surface area (Å²) in [6, 6.07) is 12.6. The lowest BCUT2D eigenvalue weighted by atomic mass is 10.1. The van der Waals surface area contributed by atoms with E-state index in [0.29, 0.717) is 30.0 Å². The molecule has 0 saturated carbocycles. The van der Waals surface area contributed by atoms with Gasteiger partial charge in [0.15, 0.2) is 11.5 Å². The summed E-state index contributed by atoms with van der Waals surface area (Å²) >= 11 is 0. The van der Waals surface area contributed by atoms with E-state index in [2.05, 4.69) is 5.32 Å². The number of likely N-dealkylation sites (N-methyl/N-ethyl adjacent to an activating group) is 1. The van der Waals surface area contributed by atoms with Crippen LogP contribution in [0.3, 0.4) is 0 Å². The number of aliphatic hydroxyl groups is 1. The molecule has 0 aliphatic heterocycles. The molecular weight excluding hydrogens is 360 g/mol. The quantitative estimate of drug-likeness (QED) is 0.690. The molecule has 0 bridgehead atoms. The van der Waals surface area contributed by atoms with Gasteiger partial charge in [0.1, 0.15) is 5.75 Å². The fourth-order valence-corrected chi connectivity index (χ4v) is 2.86. The summed E-state index contributed by atoms with van der Waals surface area (Å²) in [7, 11) is 6.36. The van der Waals surface area contributed by atoms with Gasteiger partial charge in [0, 0.05) is 13.6 Å². The SMILES string of the molecule is COc1ccccc1CCNC(=O)N(C)CC(O)c1ccc(OC)c(OC)c1. The lowest BCUT2D eigenvalue weighted by Crippen LogP contribution is -2.40. The number of hydrogen-bond acceptors (Lipinski definition) is 5. The highest BCUT2D eigenvalue weighted by Crippen LogP contribution is 2.30. The van der Waals surface area contributed by atoms with Gasteiger partial charge in [0.25, 0.3) is 0 Å². The van der Waals surface area contributed by atoms with E-state index in [0.717, 1.165) is 11.3 Å². The summed E-state index contributed by atoms with van der Waals surface area (Å²) < 4.78 is 15.8. The number of para-hydroxylation sites is 1. The number of rotatable bonds is 9. The van der Waals surface area contributed by atoms with Crippen LogP contribution in [-0.4, -0.2) is 57.5 Å². The van der Waals surface area contributed by atoms with E-state index in [4.69, 9.17) is 14.2 Å². The van der Waals surface area contributed by atoms with Gasteiger partial charge >= 0.3 is 6.03 Å². The van der Waals surface area contributed by atoms with Crippen molar-refractivity contribution in [2.75, 3.05) is 41.5 Å². The van der Waals surface area contributed by atoms with E-state index in [-0.39, 0.29) is 12.6 Å². The third-order valence-corrected chi connectivity index (χ3v) is 4.45. The average molecular weight is 388 g/mol. The molecule has 0 spiro atoms. The Labute approximate surface area is 165 Å². The van der Waals surface area contributed by atoms with Crippen LogP contribution in [0.4, 0.5) is 4.79 Å². The molecule has 152 valence electrons. The molecule has 0 saturated heterocycles. The smallest absolute Gasteiger partial charge is 0.317 e. The third-order valence-electron chi connectivity index (χ3n) is 4.45. The number of nitrogens with one attached hydrogen (secondary N) is 1. The first kappa shape index (κ1) is 21.4. The zero-order chi connectivity index (χ0) is 20.5. The summed E-state index contributed by atoms with van der Waals surface area (Å²) in [6.07, 6.45) is -0.188. The Morgan fingerprint density at radius 3 is 2.39 bits per heavy atom. The molecule has 0 aromatic heterocycles. The van der Waals surface area contributed by atoms with Gasteiger partial charge in [-0.05, 0) is 35.7 Å². The second-order valence-electron chi connectivity index (χ2n) is 6.30. The zero-order valence-corrected chi connectivity index (χ0v) is 16.8. The molecule has 2 rings (SSSR count). The van der Waals surface area contributed by atoms with E-state index in [9.17, 15) is 9.90 Å². The van der Waals surface area contributed by atoms with Gasteiger partial charge in [-0.2, -0.15) is 0 Å². The topological polar surface area (TPSA) is 80.3 Å². The van der Waals surface area contributed by atoms with Gasteiger partial charge in [-0.25, -0.2) is 4.79 Å². The standard InChI is InChI=1S/C21H28N2O5/c1-23(14-17(24)16-9-10-19(27-3)20(13-16)28-4)21(25)22-12-11-15-7-5-6-8-18(15)26-2/h5-10,13,17,24H,11-12,14H2,1-4H3,(H,22,25). The Hall–Kier alpha value is -2.93. The number of methoxy groups -OCH3 is 3. The second kappa shape index (κ2) is 10.4. The third kappa shape index (κ3) is 5.53. The molecule has 2 amide bonds. The van der Waals surface area contributed by atoms with E-state index < -0.39 is 6.10 Å². The lowest BCUT2D eigenvalue weighted by molar-refractivity contribution is 0.131. The van der Waals surface area contributed by atoms with E-state index in [1.165, 1.54) is 12.0 Å². The van der Waals surface area contributed by atoms with Crippen molar-refractivity contribution in [1.29, 1.82) is 0 Å². The van der Waals surface area contributed by atoms with Gasteiger partial charge in [-0.3, -0.25) is 0 Å². The van der Waals surface area contributed by atoms with Crippen LogP contribution in [0.15, 0.2) is 42.5 Å². The second-order valence-corrected chi connectivity index (χ2v) is 6.30. The molecular formula is C21H28N2O5. The van der Waals surface area contributed by atoms with Crippen molar-refractivity contribution >= 4 is 6.03 Å². The molecule has 7 heteroatoms. The molecule has 2 aromatic carbocycles. The van der Waals surface area contributed by atoms with Crippen LogP contribution < -0.4 is 19.5 Å². The number of amides is 2. The van der Waals surface area contributed by atoms with Crippen LogP contribution in [0.5, 0.6) is 17.2 Å². The van der Waals surface area contributed by atoms with Crippen LogP contribution >= 0.6 is 0 Å². The van der Waals surface area contributed by atoms with Gasteiger partial charge in [0.2, 0.25) is 0 Å². The van der Waals surface area contributed by atoms with Gasteiger partial charge in [0.05, 0.1) is 34.0 Å². The molecule has 0 aliphatic carbocycles. The highest BCUT2D eigenvalue weighted by molar-refractivity contribution is 5.73. The summed E-state index contributed by atoms with van der Waals surface area (Å²) in [6.45, 7) is 0.617. The molecule has 28 heavy (non-hydrogen) atoms. The number of benzene rings is 2. The van der Waals surface area contributed by atoms with E-state index in [1.54, 1.807) is 39.5 Å². The van der Waals surface area contributed by atoms with Crippen LogP contribution in [-0.2, 0) is 6.42 Å². The summed E-state index contributed by atoms with van der Waals surface area (Å²) in [5.74, 6) is 1.91. The number of carbonyl (C=O) groups excluding carboxylic acids is 1. The largest absolute Gasteiger partial charge is 0.496 e. The molecule has 2 N–H and O–H groups in total. The van der Waals surface area contributed by atoms with Gasteiger partial charge in [-0.1, -0.05) is 24.3 Å². The van der Waals surface area contributed by atoms with Crippen molar-refractivity contribution in [2.24, 2.45) is 0 Å². The Kier molecular flexibility index (Phi) is 7.95. The highest BCUT2D eigenvalue weighted by atomic mass is 16.5. The maximum atomic E-state index is 12.3. The predicted molar refractivity (Wildman–Crippen MR) is 107 cm³/mol. The number of hydrogen-bond donors (Lipinski definition) is 2. The number of aliphatic hydroxyl groups excluding tert-OH is 1. The molecule has 0 fully saturated rings. The Morgan fingerprint density at radius 1 is 1.04 bits per heavy atom. The van der Waals surface area contributed by atoms with Crippen molar-refractivity contribution in [3.63, 3.8) is 0 Å². The first-order chi connectivity index (χ1) is 13.5. The maximum absolute atomic E-state index is 12.3. The highest BCUT2D eigenvalue weighted by Gasteiger charge is 2.17. The molecule has 0 radical (unpaired) electrons. The number of urea groups is 1. The van der Waals surface area contributed by atoms with Crippen molar-refractivity contribution in [2.45, 2.75) is 12.5 Å². The lowest BCUT2D eigenvalue weighted by Gasteiger charge is -2.22. The number of carbonyl (C=O) groups is 1. The number of ether oxygens (including phenoxy) is 3. The van der Waals surface area contributed by atoms with E-state index in [1.807, 2.05) is 24.3 Å². The summed E-state index contributed by atoms with van der Waals surface area (Å²) in [4.78, 5) is 13.8. The zero-order valence-electron chi connectivity index (χ0n) is 16.8. The van der Waals surface area contributed by atoms with Crippen molar-refractivity contribution in [1.82, 2.24) is 10.2 Å². The minimum absolute atomic E-state index is 0.149. The summed E-state index contributed by atoms with van der Waals surface area (Å²) in [5, 5.41) is 13.3. The Balaban J connectivity index is 1.87. The molecule has 1 unspecified atom stereocenters. The van der Waals surface area contributed by atoms with E-state index >= 15 is 0 Å². The van der Waals surface area contributed by atoms with Crippen LogP contribution in [0.1, 0.15) is 17.2 Å². The first-order valence-electron chi connectivity index (χ1n) is 9.01. The normalized spacial score (nSPS) is 11.5. The average Bonchev–Trinajstić information content (AvgIpc) is 2.73. The monoisotopic (exact) mass is 388 g/mol. The van der Waals surface area contributed by atoms with Crippen LogP contribution in [0, 0.1) is 0 Å². The van der Waals surface area contributed by atoms with Crippen molar-refractivity contribution in [3.8, 4) is 17.2 Å². The Bertz CT molecular complexity index is 781.